The molecule has 0 amide bonds. The van der Waals surface area contributed by atoms with Crippen LogP contribution >= 0.6 is 0 Å². The first-order valence-electron chi connectivity index (χ1n) is 8.32. The van der Waals surface area contributed by atoms with Crippen molar-refractivity contribution in [2.24, 2.45) is 0 Å². The first-order valence-corrected chi connectivity index (χ1v) is 8.32. The van der Waals surface area contributed by atoms with Crippen molar-refractivity contribution in [3.05, 3.63) is 72.1 Å². The lowest BCUT2D eigenvalue weighted by atomic mass is 10.0. The molecular weight excluding hydrogens is 336 g/mol. The van der Waals surface area contributed by atoms with Gasteiger partial charge in [-0.05, 0) is 30.2 Å². The summed E-state index contributed by atoms with van der Waals surface area (Å²) in [6.45, 7) is -0.124. The molecule has 0 aliphatic carbocycles. The SMILES string of the molecule is OCC(Cc1c[nH]c2ccccc12)Nc1ccnc2c(F)cc(F)cc12. The molecule has 0 radical (unpaired) electrons. The average molecular weight is 353 g/mol. The molecule has 0 spiro atoms. The maximum atomic E-state index is 13.9. The van der Waals surface area contributed by atoms with E-state index < -0.39 is 11.6 Å². The predicted molar refractivity (Wildman–Crippen MR) is 98.2 cm³/mol. The highest BCUT2D eigenvalue weighted by atomic mass is 19.1. The Hall–Kier alpha value is -2.99. The van der Waals surface area contributed by atoms with Crippen LogP contribution in [0.2, 0.25) is 0 Å². The zero-order valence-electron chi connectivity index (χ0n) is 13.8. The molecule has 26 heavy (non-hydrogen) atoms. The number of anilines is 1. The van der Waals surface area contributed by atoms with Crippen molar-refractivity contribution in [3.8, 4) is 0 Å². The maximum Gasteiger partial charge on any atom is 0.152 e. The van der Waals surface area contributed by atoms with Crippen LogP contribution in [0.5, 0.6) is 0 Å². The molecule has 3 N–H and O–H groups in total. The molecule has 1 unspecified atom stereocenters. The summed E-state index contributed by atoms with van der Waals surface area (Å²) in [4.78, 5) is 7.19. The van der Waals surface area contributed by atoms with Crippen molar-refractivity contribution in [1.29, 1.82) is 0 Å². The molecule has 1 atom stereocenters. The van der Waals surface area contributed by atoms with Gasteiger partial charge in [0, 0.05) is 40.4 Å². The summed E-state index contributed by atoms with van der Waals surface area (Å²) in [5, 5.41) is 14.4. The normalized spacial score (nSPS) is 12.6. The quantitative estimate of drug-likeness (QED) is 0.508. The van der Waals surface area contributed by atoms with Crippen molar-refractivity contribution in [2.75, 3.05) is 11.9 Å². The van der Waals surface area contributed by atoms with E-state index in [9.17, 15) is 13.9 Å². The summed E-state index contributed by atoms with van der Waals surface area (Å²) in [5.41, 5.74) is 2.72. The van der Waals surface area contributed by atoms with Crippen molar-refractivity contribution < 1.29 is 13.9 Å². The third-order valence-corrected chi connectivity index (χ3v) is 4.48. The standard InChI is InChI=1S/C20H17F2N3O/c21-13-8-16-19(5-6-23-20(16)17(22)9-13)25-14(11-26)7-12-10-24-18-4-2-1-3-15(12)18/h1-6,8-10,14,24,26H,7,11H2,(H,23,25). The van der Waals surface area contributed by atoms with Crippen molar-refractivity contribution >= 4 is 27.5 Å². The first kappa shape index (κ1) is 16.5. The van der Waals surface area contributed by atoms with Gasteiger partial charge in [-0.15, -0.1) is 0 Å². The Morgan fingerprint density at radius 2 is 1.96 bits per heavy atom. The number of pyridine rings is 1. The summed E-state index contributed by atoms with van der Waals surface area (Å²) in [6.07, 6.45) is 3.94. The summed E-state index contributed by atoms with van der Waals surface area (Å²) in [6, 6.07) is 11.3. The van der Waals surface area contributed by atoms with Gasteiger partial charge < -0.3 is 15.4 Å². The highest BCUT2D eigenvalue weighted by Gasteiger charge is 2.15. The number of para-hydroxylation sites is 1. The van der Waals surface area contributed by atoms with E-state index in [2.05, 4.69) is 15.3 Å². The molecule has 2 heterocycles. The number of H-pyrrole nitrogens is 1. The number of aliphatic hydroxyl groups is 1. The van der Waals surface area contributed by atoms with Crippen LogP contribution in [0.1, 0.15) is 5.56 Å². The minimum atomic E-state index is -0.708. The molecule has 0 bridgehead atoms. The van der Waals surface area contributed by atoms with Gasteiger partial charge >= 0.3 is 0 Å². The Balaban J connectivity index is 1.66. The maximum absolute atomic E-state index is 13.9. The van der Waals surface area contributed by atoms with Gasteiger partial charge in [0.1, 0.15) is 11.3 Å². The molecule has 132 valence electrons. The molecule has 4 nitrogen and oxygen atoms in total. The van der Waals surface area contributed by atoms with Gasteiger partial charge in [-0.25, -0.2) is 8.78 Å². The third-order valence-electron chi connectivity index (χ3n) is 4.48. The fraction of sp³-hybridized carbons (Fsp3) is 0.150. The van der Waals surface area contributed by atoms with E-state index in [0.717, 1.165) is 22.5 Å². The van der Waals surface area contributed by atoms with Crippen LogP contribution in [-0.4, -0.2) is 27.7 Å². The van der Waals surface area contributed by atoms with Crippen LogP contribution in [-0.2, 0) is 6.42 Å². The molecule has 6 heteroatoms. The molecule has 4 rings (SSSR count). The average Bonchev–Trinajstić information content (AvgIpc) is 3.04. The Labute approximate surface area is 148 Å². The van der Waals surface area contributed by atoms with Gasteiger partial charge in [0.25, 0.3) is 0 Å². The molecule has 0 saturated carbocycles. The second-order valence-corrected chi connectivity index (χ2v) is 6.23. The van der Waals surface area contributed by atoms with E-state index in [-0.39, 0.29) is 18.2 Å². The van der Waals surface area contributed by atoms with Gasteiger partial charge in [0.2, 0.25) is 0 Å². The van der Waals surface area contributed by atoms with Crippen LogP contribution in [0.4, 0.5) is 14.5 Å². The van der Waals surface area contributed by atoms with E-state index >= 15 is 0 Å². The number of nitrogens with one attached hydrogen (secondary N) is 2. The molecule has 4 aromatic rings. The zero-order chi connectivity index (χ0) is 18.1. The lowest BCUT2D eigenvalue weighted by Gasteiger charge is -2.19. The second-order valence-electron chi connectivity index (χ2n) is 6.23. The van der Waals surface area contributed by atoms with Gasteiger partial charge in [-0.3, -0.25) is 4.98 Å². The van der Waals surface area contributed by atoms with E-state index in [0.29, 0.717) is 17.5 Å². The third kappa shape index (κ3) is 2.99. The van der Waals surface area contributed by atoms with Crippen LogP contribution in [0, 0.1) is 11.6 Å². The number of nitrogens with zero attached hydrogens (tertiary/aromatic N) is 1. The topological polar surface area (TPSA) is 60.9 Å². The Morgan fingerprint density at radius 3 is 2.81 bits per heavy atom. The van der Waals surface area contributed by atoms with Crippen LogP contribution in [0.15, 0.2) is 54.9 Å². The number of fused-ring (bicyclic) bond motifs is 2. The van der Waals surface area contributed by atoms with Gasteiger partial charge in [-0.1, -0.05) is 18.2 Å². The number of rotatable bonds is 5. The summed E-state index contributed by atoms with van der Waals surface area (Å²) >= 11 is 0. The van der Waals surface area contributed by atoms with E-state index in [4.69, 9.17) is 0 Å². The van der Waals surface area contributed by atoms with E-state index in [1.54, 1.807) is 6.07 Å². The molecule has 0 saturated heterocycles. The van der Waals surface area contributed by atoms with E-state index in [1.807, 2.05) is 30.5 Å². The van der Waals surface area contributed by atoms with Crippen LogP contribution < -0.4 is 5.32 Å². The predicted octanol–water partition coefficient (Wildman–Crippen LogP) is 4.01. The minimum Gasteiger partial charge on any atom is -0.394 e. The highest BCUT2D eigenvalue weighted by molar-refractivity contribution is 5.91. The van der Waals surface area contributed by atoms with Crippen molar-refractivity contribution in [3.63, 3.8) is 0 Å². The Bertz CT molecular complexity index is 1080. The summed E-state index contributed by atoms with van der Waals surface area (Å²) in [5.74, 6) is -1.37. The minimum absolute atomic E-state index is 0.0974. The molecule has 0 aliphatic heterocycles. The number of aliphatic hydroxyl groups excluding tert-OH is 1. The van der Waals surface area contributed by atoms with Crippen molar-refractivity contribution in [1.82, 2.24) is 9.97 Å². The molecule has 2 aromatic carbocycles. The largest absolute Gasteiger partial charge is 0.394 e. The fourth-order valence-electron chi connectivity index (χ4n) is 3.25. The molecule has 2 aromatic heterocycles. The van der Waals surface area contributed by atoms with Gasteiger partial charge in [-0.2, -0.15) is 0 Å². The lowest BCUT2D eigenvalue weighted by molar-refractivity contribution is 0.274. The van der Waals surface area contributed by atoms with Crippen LogP contribution in [0.25, 0.3) is 21.8 Å². The highest BCUT2D eigenvalue weighted by Crippen LogP contribution is 2.26. The number of hydrogen-bond acceptors (Lipinski definition) is 3. The summed E-state index contributed by atoms with van der Waals surface area (Å²) in [7, 11) is 0. The monoisotopic (exact) mass is 353 g/mol. The Kier molecular flexibility index (Phi) is 4.26. The molecular formula is C20H17F2N3O. The zero-order valence-corrected chi connectivity index (χ0v) is 13.8. The molecule has 0 fully saturated rings. The van der Waals surface area contributed by atoms with Crippen LogP contribution in [0.3, 0.4) is 0 Å². The van der Waals surface area contributed by atoms with Gasteiger partial charge in [0.05, 0.1) is 12.6 Å². The van der Waals surface area contributed by atoms with Gasteiger partial charge in [0.15, 0.2) is 5.82 Å². The number of benzene rings is 2. The summed E-state index contributed by atoms with van der Waals surface area (Å²) < 4.78 is 27.6. The smallest absolute Gasteiger partial charge is 0.152 e. The second kappa shape index (κ2) is 6.72. The van der Waals surface area contributed by atoms with E-state index in [1.165, 1.54) is 12.3 Å². The number of aromatic amines is 1. The Morgan fingerprint density at radius 1 is 1.12 bits per heavy atom. The van der Waals surface area contributed by atoms with Crippen molar-refractivity contribution in [2.45, 2.75) is 12.5 Å². The fourth-order valence-corrected chi connectivity index (χ4v) is 3.25. The number of halogens is 2. The number of aromatic nitrogens is 2. The molecule has 0 aliphatic rings. The number of hydrogen-bond donors (Lipinski definition) is 3. The first-order chi connectivity index (χ1) is 12.7. The lowest BCUT2D eigenvalue weighted by Crippen LogP contribution is -2.26.